The van der Waals surface area contributed by atoms with Gasteiger partial charge in [0.15, 0.2) is 17.5 Å². The van der Waals surface area contributed by atoms with Gasteiger partial charge in [0.25, 0.3) is 0 Å². The van der Waals surface area contributed by atoms with Crippen LogP contribution >= 0.6 is 11.8 Å². The number of imidazole rings is 1. The SMILES string of the molecule is CSc1cccc(-c2ccc(-n3ccnc3C)c(N(N)/C(=C\N)c3cc(F)c(F)c(F)c3)c2)c1. The van der Waals surface area contributed by atoms with Gasteiger partial charge in [-0.2, -0.15) is 0 Å². The van der Waals surface area contributed by atoms with Gasteiger partial charge in [-0.3, -0.25) is 5.01 Å². The van der Waals surface area contributed by atoms with Gasteiger partial charge >= 0.3 is 0 Å². The van der Waals surface area contributed by atoms with Gasteiger partial charge in [0, 0.05) is 29.1 Å². The average Bonchev–Trinajstić information content (AvgIpc) is 3.28. The third kappa shape index (κ3) is 4.40. The van der Waals surface area contributed by atoms with Crippen LogP contribution in [0.1, 0.15) is 11.4 Å². The molecule has 1 heterocycles. The van der Waals surface area contributed by atoms with Crippen molar-refractivity contribution in [2.24, 2.45) is 11.6 Å². The number of hydrogen-bond acceptors (Lipinski definition) is 5. The lowest BCUT2D eigenvalue weighted by atomic mass is 10.0. The molecule has 0 aliphatic carbocycles. The third-order valence-electron chi connectivity index (χ3n) is 5.42. The second kappa shape index (κ2) is 9.66. The van der Waals surface area contributed by atoms with Crippen LogP contribution in [0.2, 0.25) is 0 Å². The zero-order valence-electron chi connectivity index (χ0n) is 18.5. The van der Waals surface area contributed by atoms with Gasteiger partial charge in [0.2, 0.25) is 0 Å². The molecule has 0 atom stereocenters. The lowest BCUT2D eigenvalue weighted by Crippen LogP contribution is -2.31. The predicted octanol–water partition coefficient (Wildman–Crippen LogP) is 5.62. The molecule has 0 unspecified atom stereocenters. The molecule has 0 radical (unpaired) electrons. The van der Waals surface area contributed by atoms with Gasteiger partial charge in [0.05, 0.1) is 17.1 Å². The fourth-order valence-corrected chi connectivity index (χ4v) is 4.14. The smallest absolute Gasteiger partial charge is 0.194 e. The van der Waals surface area contributed by atoms with Crippen molar-refractivity contribution in [3.05, 3.63) is 102 Å². The van der Waals surface area contributed by atoms with Crippen molar-refractivity contribution >= 4 is 23.1 Å². The number of nitrogens with zero attached hydrogens (tertiary/aromatic N) is 3. The standard InChI is InChI=1S/C25H22F3N5S/c1-15-31-8-9-32(15)22-7-6-17(16-4-3-5-19(10-16)34-2)13-23(22)33(30)24(14-29)18-11-20(26)25(28)21(27)12-18/h3-14H,29-30H2,1-2H3/b24-14-. The van der Waals surface area contributed by atoms with Gasteiger partial charge in [-0.1, -0.05) is 18.2 Å². The number of benzene rings is 3. The maximum absolute atomic E-state index is 14.0. The molecular weight excluding hydrogens is 459 g/mol. The number of aryl methyl sites for hydroxylation is 1. The van der Waals surface area contributed by atoms with E-state index in [1.807, 2.05) is 54.1 Å². The number of halogens is 3. The van der Waals surface area contributed by atoms with E-state index >= 15 is 0 Å². The Kier molecular flexibility index (Phi) is 6.67. The first-order valence-corrected chi connectivity index (χ1v) is 11.5. The maximum atomic E-state index is 14.0. The normalized spacial score (nSPS) is 11.6. The zero-order chi connectivity index (χ0) is 24.4. The minimum absolute atomic E-state index is 0.00973. The highest BCUT2D eigenvalue weighted by atomic mass is 32.2. The molecule has 1 aromatic heterocycles. The van der Waals surface area contributed by atoms with E-state index in [1.165, 1.54) is 5.01 Å². The molecule has 4 rings (SSSR count). The maximum Gasteiger partial charge on any atom is 0.194 e. The molecule has 4 aromatic rings. The summed E-state index contributed by atoms with van der Waals surface area (Å²) in [7, 11) is 0. The number of hydrazine groups is 1. The highest BCUT2D eigenvalue weighted by molar-refractivity contribution is 7.98. The molecule has 0 aliphatic rings. The van der Waals surface area contributed by atoms with E-state index in [-0.39, 0.29) is 11.3 Å². The van der Waals surface area contributed by atoms with Crippen LogP contribution in [0, 0.1) is 24.4 Å². The molecule has 0 saturated carbocycles. The van der Waals surface area contributed by atoms with Crippen molar-refractivity contribution in [3.8, 4) is 16.8 Å². The van der Waals surface area contributed by atoms with Gasteiger partial charge in [-0.05, 0) is 60.7 Å². The Morgan fingerprint density at radius 3 is 2.35 bits per heavy atom. The Hall–Kier alpha value is -3.69. The highest BCUT2D eigenvalue weighted by Gasteiger charge is 2.20. The molecule has 9 heteroatoms. The van der Waals surface area contributed by atoms with E-state index in [0.717, 1.165) is 34.4 Å². The molecule has 0 fully saturated rings. The van der Waals surface area contributed by atoms with Gasteiger partial charge < -0.3 is 10.3 Å². The molecule has 34 heavy (non-hydrogen) atoms. The van der Waals surface area contributed by atoms with Crippen molar-refractivity contribution in [1.82, 2.24) is 9.55 Å². The van der Waals surface area contributed by atoms with Crippen molar-refractivity contribution in [2.75, 3.05) is 11.3 Å². The molecule has 174 valence electrons. The van der Waals surface area contributed by atoms with Crippen LogP contribution < -0.4 is 16.6 Å². The van der Waals surface area contributed by atoms with E-state index in [4.69, 9.17) is 11.6 Å². The Balaban J connectivity index is 1.88. The van der Waals surface area contributed by atoms with Crippen molar-refractivity contribution in [2.45, 2.75) is 11.8 Å². The first-order chi connectivity index (χ1) is 16.3. The molecule has 5 nitrogen and oxygen atoms in total. The quantitative estimate of drug-likeness (QED) is 0.162. The number of thioether (sulfide) groups is 1. The van der Waals surface area contributed by atoms with Crippen LogP contribution in [-0.4, -0.2) is 15.8 Å². The first-order valence-electron chi connectivity index (χ1n) is 10.2. The molecule has 0 amide bonds. The summed E-state index contributed by atoms with van der Waals surface area (Å²) in [4.78, 5) is 5.37. The van der Waals surface area contributed by atoms with E-state index in [2.05, 4.69) is 11.1 Å². The topological polar surface area (TPSA) is 73.1 Å². The van der Waals surface area contributed by atoms with Crippen LogP contribution in [0.5, 0.6) is 0 Å². The third-order valence-corrected chi connectivity index (χ3v) is 6.15. The molecule has 0 aliphatic heterocycles. The number of nitrogens with two attached hydrogens (primary N) is 2. The summed E-state index contributed by atoms with van der Waals surface area (Å²) in [5.74, 6) is 2.97. The van der Waals surface area contributed by atoms with Crippen LogP contribution in [0.4, 0.5) is 18.9 Å². The van der Waals surface area contributed by atoms with E-state index in [0.29, 0.717) is 17.2 Å². The van der Waals surface area contributed by atoms with Crippen LogP contribution in [0.15, 0.2) is 78.1 Å². The molecule has 0 bridgehead atoms. The second-order valence-corrected chi connectivity index (χ2v) is 8.34. The zero-order valence-corrected chi connectivity index (χ0v) is 19.3. The van der Waals surface area contributed by atoms with Crippen molar-refractivity contribution in [3.63, 3.8) is 0 Å². The Morgan fingerprint density at radius 2 is 1.74 bits per heavy atom. The van der Waals surface area contributed by atoms with Crippen LogP contribution in [0.3, 0.4) is 0 Å². The first kappa shape index (κ1) is 23.5. The van der Waals surface area contributed by atoms with Crippen molar-refractivity contribution < 1.29 is 13.2 Å². The summed E-state index contributed by atoms with van der Waals surface area (Å²) >= 11 is 1.63. The number of rotatable bonds is 6. The van der Waals surface area contributed by atoms with Crippen LogP contribution in [0.25, 0.3) is 22.5 Å². The summed E-state index contributed by atoms with van der Waals surface area (Å²) in [6, 6.07) is 15.4. The van der Waals surface area contributed by atoms with E-state index < -0.39 is 17.5 Å². The summed E-state index contributed by atoms with van der Waals surface area (Å²) < 4.78 is 43.3. The fraction of sp³-hybridized carbons (Fsp3) is 0.0800. The van der Waals surface area contributed by atoms with Crippen molar-refractivity contribution in [1.29, 1.82) is 0 Å². The molecule has 4 N–H and O–H groups in total. The minimum Gasteiger partial charge on any atom is -0.403 e. The Morgan fingerprint density at radius 1 is 1.03 bits per heavy atom. The lowest BCUT2D eigenvalue weighted by molar-refractivity contribution is 0.446. The number of hydrogen-bond donors (Lipinski definition) is 2. The van der Waals surface area contributed by atoms with Crippen LogP contribution in [-0.2, 0) is 0 Å². The molecular formula is C25H22F3N5S. The van der Waals surface area contributed by atoms with Gasteiger partial charge in [-0.25, -0.2) is 24.0 Å². The summed E-state index contributed by atoms with van der Waals surface area (Å²) in [6.07, 6.45) is 6.55. The largest absolute Gasteiger partial charge is 0.403 e. The fourth-order valence-electron chi connectivity index (χ4n) is 3.68. The second-order valence-electron chi connectivity index (χ2n) is 7.46. The van der Waals surface area contributed by atoms with E-state index in [1.54, 1.807) is 24.2 Å². The monoisotopic (exact) mass is 481 g/mol. The summed E-state index contributed by atoms with van der Waals surface area (Å²) in [5, 5.41) is 1.23. The highest BCUT2D eigenvalue weighted by Crippen LogP contribution is 2.35. The summed E-state index contributed by atoms with van der Waals surface area (Å²) in [6.45, 7) is 1.84. The average molecular weight is 482 g/mol. The minimum atomic E-state index is -1.56. The van der Waals surface area contributed by atoms with Gasteiger partial charge in [-0.15, -0.1) is 11.8 Å². The number of aromatic nitrogens is 2. The Bertz CT molecular complexity index is 1360. The molecule has 3 aromatic carbocycles. The predicted molar refractivity (Wildman–Crippen MR) is 131 cm³/mol. The Labute approximate surface area is 199 Å². The molecule has 0 spiro atoms. The molecule has 0 saturated heterocycles. The van der Waals surface area contributed by atoms with E-state index in [9.17, 15) is 13.2 Å². The van der Waals surface area contributed by atoms with Gasteiger partial charge in [0.1, 0.15) is 5.82 Å². The number of anilines is 1. The summed E-state index contributed by atoms with van der Waals surface area (Å²) in [5.41, 5.74) is 8.91. The lowest BCUT2D eigenvalue weighted by Gasteiger charge is -2.26.